The minimum Gasteiger partial charge on any atom is -0.358 e. The molecule has 1 N–H and O–H groups in total. The highest BCUT2D eigenvalue weighted by Gasteiger charge is 2.35. The Labute approximate surface area is 207 Å². The number of aromatic amines is 1. The Morgan fingerprint density at radius 3 is 2.49 bits per heavy atom. The maximum atomic E-state index is 13.5. The molecule has 1 aromatic heterocycles. The van der Waals surface area contributed by atoms with Crippen molar-refractivity contribution in [2.24, 2.45) is 5.92 Å². The first-order valence-electron chi connectivity index (χ1n) is 13.0. The van der Waals surface area contributed by atoms with Crippen LogP contribution in [0, 0.1) is 5.92 Å². The predicted molar refractivity (Wildman–Crippen MR) is 137 cm³/mol. The van der Waals surface area contributed by atoms with Crippen molar-refractivity contribution < 1.29 is 13.2 Å². The summed E-state index contributed by atoms with van der Waals surface area (Å²) in [6.07, 6.45) is 7.66. The van der Waals surface area contributed by atoms with Gasteiger partial charge in [-0.15, -0.1) is 0 Å². The van der Waals surface area contributed by atoms with Gasteiger partial charge in [-0.25, -0.2) is 8.42 Å². The molecule has 3 aliphatic rings. The Bertz CT molecular complexity index is 1370. The summed E-state index contributed by atoms with van der Waals surface area (Å²) in [6.45, 7) is 2.20. The summed E-state index contributed by atoms with van der Waals surface area (Å²) in [5, 5.41) is 1.05. The summed E-state index contributed by atoms with van der Waals surface area (Å²) in [7, 11) is -3.59. The molecular formula is C28H33N3O3S. The molecule has 0 unspecified atom stereocenters. The van der Waals surface area contributed by atoms with Crippen LogP contribution in [0.4, 0.5) is 0 Å². The molecule has 1 saturated heterocycles. The average Bonchev–Trinajstić information content (AvgIpc) is 3.07. The zero-order valence-electron chi connectivity index (χ0n) is 20.1. The van der Waals surface area contributed by atoms with Crippen molar-refractivity contribution in [3.63, 3.8) is 0 Å². The fourth-order valence-electron chi connectivity index (χ4n) is 6.16. The molecular weight excluding hydrogens is 458 g/mol. The molecule has 184 valence electrons. The highest BCUT2D eigenvalue weighted by molar-refractivity contribution is 7.89. The van der Waals surface area contributed by atoms with Crippen LogP contribution in [0.1, 0.15) is 54.5 Å². The van der Waals surface area contributed by atoms with E-state index in [1.54, 1.807) is 10.4 Å². The van der Waals surface area contributed by atoms with Gasteiger partial charge < -0.3 is 9.88 Å². The van der Waals surface area contributed by atoms with Gasteiger partial charge in [-0.05, 0) is 79.8 Å². The lowest BCUT2D eigenvalue weighted by Crippen LogP contribution is -2.45. The summed E-state index contributed by atoms with van der Waals surface area (Å²) >= 11 is 0. The standard InChI is InChI=1S/C28H33N3O3S/c32-28(30-15-12-20-6-4-5-7-22(20)19-30)21-13-16-31(17-14-21)35(33,34)23-10-11-27-25(18-23)24-8-2-1-3-9-26(24)29-27/h4-7,10-11,18,21,29H,1-3,8-9,12-17,19H2. The molecule has 1 amide bonds. The second-order valence-electron chi connectivity index (χ2n) is 10.3. The number of hydrogen-bond acceptors (Lipinski definition) is 3. The number of aromatic nitrogens is 1. The Morgan fingerprint density at radius 1 is 0.886 bits per heavy atom. The molecule has 2 aliphatic heterocycles. The molecule has 0 radical (unpaired) electrons. The van der Waals surface area contributed by atoms with Crippen molar-refractivity contribution in [1.82, 2.24) is 14.2 Å². The third-order valence-corrected chi connectivity index (χ3v) is 10.1. The molecule has 1 aliphatic carbocycles. The number of fused-ring (bicyclic) bond motifs is 4. The zero-order valence-corrected chi connectivity index (χ0v) is 20.9. The first-order chi connectivity index (χ1) is 17.0. The van der Waals surface area contributed by atoms with E-state index < -0.39 is 10.0 Å². The fraction of sp³-hybridized carbons (Fsp3) is 0.464. The van der Waals surface area contributed by atoms with E-state index in [4.69, 9.17) is 0 Å². The highest BCUT2D eigenvalue weighted by atomic mass is 32.2. The van der Waals surface area contributed by atoms with Crippen LogP contribution in [0.15, 0.2) is 47.4 Å². The summed E-state index contributed by atoms with van der Waals surface area (Å²) < 4.78 is 28.6. The molecule has 0 saturated carbocycles. The van der Waals surface area contributed by atoms with Gasteiger partial charge in [-0.2, -0.15) is 4.31 Å². The number of carbonyl (C=O) groups is 1. The number of sulfonamides is 1. The van der Waals surface area contributed by atoms with Crippen LogP contribution in [0.5, 0.6) is 0 Å². The van der Waals surface area contributed by atoms with E-state index >= 15 is 0 Å². The summed E-state index contributed by atoms with van der Waals surface area (Å²) in [6, 6.07) is 13.8. The number of piperidine rings is 1. The van der Waals surface area contributed by atoms with Crippen LogP contribution >= 0.6 is 0 Å². The molecule has 0 spiro atoms. The molecule has 35 heavy (non-hydrogen) atoms. The van der Waals surface area contributed by atoms with E-state index in [0.717, 1.165) is 43.1 Å². The molecule has 6 rings (SSSR count). The quantitative estimate of drug-likeness (QED) is 0.551. The zero-order chi connectivity index (χ0) is 24.0. The minimum atomic E-state index is -3.59. The number of benzene rings is 2. The maximum Gasteiger partial charge on any atom is 0.243 e. The second kappa shape index (κ2) is 9.10. The predicted octanol–water partition coefficient (Wildman–Crippen LogP) is 4.42. The first-order valence-corrected chi connectivity index (χ1v) is 14.4. The van der Waals surface area contributed by atoms with E-state index in [2.05, 4.69) is 23.2 Å². The van der Waals surface area contributed by atoms with Gasteiger partial charge >= 0.3 is 0 Å². The number of carbonyl (C=O) groups excluding carboxylic acids is 1. The smallest absolute Gasteiger partial charge is 0.243 e. The number of H-pyrrole nitrogens is 1. The van der Waals surface area contributed by atoms with Gasteiger partial charge in [0.1, 0.15) is 0 Å². The van der Waals surface area contributed by atoms with Crippen LogP contribution in [0.2, 0.25) is 0 Å². The van der Waals surface area contributed by atoms with Gasteiger partial charge in [0, 0.05) is 48.7 Å². The summed E-state index contributed by atoms with van der Waals surface area (Å²) in [5.41, 5.74) is 6.15. The lowest BCUT2D eigenvalue weighted by molar-refractivity contribution is -0.137. The average molecular weight is 492 g/mol. The number of aryl methyl sites for hydroxylation is 2. The van der Waals surface area contributed by atoms with Crippen molar-refractivity contribution in [2.45, 2.75) is 62.8 Å². The van der Waals surface area contributed by atoms with E-state index in [1.807, 2.05) is 23.1 Å². The minimum absolute atomic E-state index is 0.102. The van der Waals surface area contributed by atoms with Gasteiger partial charge in [0.25, 0.3) is 0 Å². The molecule has 3 aromatic rings. The fourth-order valence-corrected chi connectivity index (χ4v) is 7.65. The van der Waals surface area contributed by atoms with Crippen LogP contribution in [-0.2, 0) is 40.6 Å². The Morgan fingerprint density at radius 2 is 1.66 bits per heavy atom. The van der Waals surface area contributed by atoms with Gasteiger partial charge in [-0.3, -0.25) is 4.79 Å². The number of nitrogens with zero attached hydrogens (tertiary/aromatic N) is 2. The number of rotatable bonds is 3. The van der Waals surface area contributed by atoms with Crippen molar-refractivity contribution in [2.75, 3.05) is 19.6 Å². The highest BCUT2D eigenvalue weighted by Crippen LogP contribution is 2.32. The molecule has 0 atom stereocenters. The molecule has 0 bridgehead atoms. The molecule has 1 fully saturated rings. The number of hydrogen-bond donors (Lipinski definition) is 1. The van der Waals surface area contributed by atoms with Crippen molar-refractivity contribution in [1.29, 1.82) is 0 Å². The lowest BCUT2D eigenvalue weighted by Gasteiger charge is -2.35. The Balaban J connectivity index is 1.15. The van der Waals surface area contributed by atoms with Crippen LogP contribution < -0.4 is 0 Å². The summed E-state index contributed by atoms with van der Waals surface area (Å²) in [5.74, 6) is 0.0719. The summed E-state index contributed by atoms with van der Waals surface area (Å²) in [4.78, 5) is 19.1. The third kappa shape index (κ3) is 4.19. The molecule has 7 heteroatoms. The van der Waals surface area contributed by atoms with E-state index in [0.29, 0.717) is 37.4 Å². The van der Waals surface area contributed by atoms with Crippen molar-refractivity contribution in [3.05, 3.63) is 64.8 Å². The number of nitrogens with one attached hydrogen (secondary N) is 1. The van der Waals surface area contributed by atoms with Crippen molar-refractivity contribution >= 4 is 26.8 Å². The number of amides is 1. The monoisotopic (exact) mass is 491 g/mol. The SMILES string of the molecule is O=C(C1CCN(S(=O)(=O)c2ccc3[nH]c4c(c3c2)CCCCC4)CC1)N1CCc2ccccc2C1. The van der Waals surface area contributed by atoms with Gasteiger partial charge in [0.2, 0.25) is 15.9 Å². The Hall–Kier alpha value is -2.64. The topological polar surface area (TPSA) is 73.5 Å². The van der Waals surface area contributed by atoms with E-state index in [-0.39, 0.29) is 11.8 Å². The largest absolute Gasteiger partial charge is 0.358 e. The van der Waals surface area contributed by atoms with Crippen LogP contribution in [-0.4, -0.2) is 48.1 Å². The maximum absolute atomic E-state index is 13.5. The third-order valence-electron chi connectivity index (χ3n) is 8.20. The molecule has 2 aromatic carbocycles. The van der Waals surface area contributed by atoms with Gasteiger partial charge in [0.05, 0.1) is 4.90 Å². The normalized spacial score (nSPS) is 19.8. The first kappa shape index (κ1) is 22.8. The van der Waals surface area contributed by atoms with E-state index in [1.165, 1.54) is 35.2 Å². The molecule has 3 heterocycles. The van der Waals surface area contributed by atoms with E-state index in [9.17, 15) is 13.2 Å². The van der Waals surface area contributed by atoms with Crippen molar-refractivity contribution in [3.8, 4) is 0 Å². The van der Waals surface area contributed by atoms with Gasteiger partial charge in [-0.1, -0.05) is 30.7 Å². The van der Waals surface area contributed by atoms with Crippen LogP contribution in [0.25, 0.3) is 10.9 Å². The molecule has 6 nitrogen and oxygen atoms in total. The second-order valence-corrected chi connectivity index (χ2v) is 12.2. The van der Waals surface area contributed by atoms with Gasteiger partial charge in [0.15, 0.2) is 0 Å². The lowest BCUT2D eigenvalue weighted by atomic mass is 9.94. The Kier molecular flexibility index (Phi) is 5.93. The van der Waals surface area contributed by atoms with Crippen LogP contribution in [0.3, 0.4) is 0 Å².